The smallest absolute Gasteiger partial charge is 0.319 e. The minimum Gasteiger partial charge on any atom is -0.508 e. The summed E-state index contributed by atoms with van der Waals surface area (Å²) in [5.74, 6) is -3.01. The zero-order valence-corrected chi connectivity index (χ0v) is 24.2. The molecule has 2 bridgehead atoms. The molecule has 7 heterocycles. The Labute approximate surface area is 255 Å². The number of piperazine rings is 1. The molecule has 2 N–H and O–H groups in total. The van der Waals surface area contributed by atoms with Crippen LogP contribution in [0.1, 0.15) is 32.1 Å². The van der Waals surface area contributed by atoms with E-state index in [1.54, 1.807) is 0 Å². The minimum absolute atomic E-state index is 0.0538. The summed E-state index contributed by atoms with van der Waals surface area (Å²) in [4.78, 5) is 18.1. The highest BCUT2D eigenvalue weighted by Gasteiger charge is 2.50. The summed E-state index contributed by atoms with van der Waals surface area (Å²) in [6, 6.07) is 4.83. The normalized spacial score (nSPS) is 28.8. The number of phenolic OH excluding ortho intramolecular Hbond substituents is 1. The number of fused-ring (bicyclic) bond motifs is 7. The lowest BCUT2D eigenvalue weighted by atomic mass is 9.95. The van der Waals surface area contributed by atoms with E-state index in [2.05, 4.69) is 25.1 Å². The van der Waals surface area contributed by atoms with E-state index in [4.69, 9.17) is 14.5 Å². The number of anilines is 1. The van der Waals surface area contributed by atoms with E-state index in [1.807, 2.05) is 0 Å². The molecule has 4 fully saturated rings. The zero-order chi connectivity index (χ0) is 30.6. The molecule has 0 aliphatic carbocycles. The Kier molecular flexibility index (Phi) is 5.93. The molecule has 9 nitrogen and oxygen atoms in total. The topological polar surface area (TPSA) is 95.9 Å². The fraction of sp³-hybridized carbons (Fsp3) is 0.469. The van der Waals surface area contributed by atoms with Crippen molar-refractivity contribution in [3.05, 3.63) is 41.7 Å². The summed E-state index contributed by atoms with van der Waals surface area (Å²) in [5, 5.41) is 14.3. The average molecular weight is 623 g/mol. The van der Waals surface area contributed by atoms with Gasteiger partial charge in [0.05, 0.1) is 11.6 Å². The van der Waals surface area contributed by atoms with Gasteiger partial charge in [0.1, 0.15) is 47.5 Å². The SMILES string of the molecule is Oc1cc(-c2nc3c4c(nc(OC[C@]56CCCN5C[C@@H](F)C6)nc4c2F)N2C[C@@H]4CC[C@@H](N4)[C@@H]2CO3)c2c(F)c(F)ccc2c1. The fourth-order valence-corrected chi connectivity index (χ4v) is 8.38. The Morgan fingerprint density at radius 2 is 1.96 bits per heavy atom. The minimum atomic E-state index is -1.19. The van der Waals surface area contributed by atoms with Gasteiger partial charge >= 0.3 is 6.01 Å². The molecule has 0 saturated carbocycles. The summed E-state index contributed by atoms with van der Waals surface area (Å²) < 4.78 is 73.5. The molecular weight excluding hydrogens is 592 g/mol. The second kappa shape index (κ2) is 9.76. The molecule has 0 amide bonds. The molecule has 0 spiro atoms. The van der Waals surface area contributed by atoms with Crippen molar-refractivity contribution in [2.45, 2.75) is 61.9 Å². The van der Waals surface area contributed by atoms with Crippen molar-refractivity contribution in [2.24, 2.45) is 0 Å². The van der Waals surface area contributed by atoms with Crippen LogP contribution < -0.4 is 19.7 Å². The first-order valence-electron chi connectivity index (χ1n) is 15.5. The maximum atomic E-state index is 16.8. The lowest BCUT2D eigenvalue weighted by molar-refractivity contribution is 0.107. The number of pyridine rings is 1. The molecule has 5 atom stereocenters. The lowest BCUT2D eigenvalue weighted by Gasteiger charge is -2.40. The first-order valence-corrected chi connectivity index (χ1v) is 15.5. The quantitative estimate of drug-likeness (QED) is 0.316. The van der Waals surface area contributed by atoms with Gasteiger partial charge in [-0.2, -0.15) is 9.97 Å². The monoisotopic (exact) mass is 622 g/mol. The van der Waals surface area contributed by atoms with E-state index in [1.165, 1.54) is 12.1 Å². The lowest BCUT2D eigenvalue weighted by Crippen LogP contribution is -2.60. The number of halogens is 4. The van der Waals surface area contributed by atoms with Gasteiger partial charge in [-0.1, -0.05) is 6.07 Å². The molecule has 45 heavy (non-hydrogen) atoms. The standard InChI is InChI=1S/C32H30F4N6O3/c33-16-10-32(6-1-7-41(32)11-16)14-45-31-39-28-24-29(40-31)42-12-17-3-5-21(37-17)22(42)13-44-30(24)38-27(26(28)36)19-9-18(43)8-15-2-4-20(34)25(35)23(15)19/h2,4,8-9,16-17,21-22,37,43H,1,3,5-7,10-14H2/t16-,17-,21+,22-,32+/m0/s1. The van der Waals surface area contributed by atoms with E-state index < -0.39 is 29.2 Å². The molecule has 13 heteroatoms. The molecule has 4 aromatic rings. The molecule has 5 aliphatic heterocycles. The maximum absolute atomic E-state index is 16.8. The first kappa shape index (κ1) is 27.3. The van der Waals surface area contributed by atoms with Gasteiger partial charge in [0.2, 0.25) is 5.88 Å². The number of phenols is 1. The van der Waals surface area contributed by atoms with Crippen LogP contribution >= 0.6 is 0 Å². The predicted molar refractivity (Wildman–Crippen MR) is 157 cm³/mol. The molecule has 0 radical (unpaired) electrons. The average Bonchev–Trinajstić information content (AvgIpc) is 3.65. The number of hydrogen-bond acceptors (Lipinski definition) is 9. The van der Waals surface area contributed by atoms with Gasteiger partial charge < -0.3 is 24.8 Å². The fourth-order valence-electron chi connectivity index (χ4n) is 8.38. The Bertz CT molecular complexity index is 1900. The largest absolute Gasteiger partial charge is 0.508 e. The Morgan fingerprint density at radius 1 is 1.07 bits per heavy atom. The van der Waals surface area contributed by atoms with Crippen LogP contribution in [0.2, 0.25) is 0 Å². The molecule has 2 aromatic heterocycles. The maximum Gasteiger partial charge on any atom is 0.319 e. The van der Waals surface area contributed by atoms with Gasteiger partial charge in [-0.15, -0.1) is 0 Å². The third kappa shape index (κ3) is 4.09. The highest BCUT2D eigenvalue weighted by molar-refractivity contribution is 6.02. The second-order valence-corrected chi connectivity index (χ2v) is 13.0. The first-order chi connectivity index (χ1) is 21.8. The number of nitrogens with one attached hydrogen (secondary N) is 1. The number of benzene rings is 2. The third-order valence-corrected chi connectivity index (χ3v) is 10.4. The van der Waals surface area contributed by atoms with Crippen LogP contribution in [0, 0.1) is 17.5 Å². The number of aromatic nitrogens is 3. The Balaban J connectivity index is 1.24. The number of aromatic hydroxyl groups is 1. The molecule has 0 unspecified atom stereocenters. The summed E-state index contributed by atoms with van der Waals surface area (Å²) in [6.45, 7) is 2.14. The van der Waals surface area contributed by atoms with Crippen LogP contribution in [0.15, 0.2) is 24.3 Å². The Morgan fingerprint density at radius 3 is 2.84 bits per heavy atom. The summed E-state index contributed by atoms with van der Waals surface area (Å²) in [7, 11) is 0. The highest BCUT2D eigenvalue weighted by Crippen LogP contribution is 2.45. The van der Waals surface area contributed by atoms with Crippen molar-refractivity contribution in [1.29, 1.82) is 0 Å². The number of nitrogens with zero attached hydrogens (tertiary/aromatic N) is 5. The molecular formula is C32H30F4N6O3. The van der Waals surface area contributed by atoms with Gasteiger partial charge in [0, 0.05) is 42.5 Å². The van der Waals surface area contributed by atoms with Crippen LogP contribution in [0.25, 0.3) is 32.9 Å². The molecule has 2 aromatic carbocycles. The number of rotatable bonds is 4. The summed E-state index contributed by atoms with van der Waals surface area (Å²) in [6.07, 6.45) is 3.06. The Hall–Kier alpha value is -3.97. The van der Waals surface area contributed by atoms with E-state index in [-0.39, 0.29) is 81.9 Å². The summed E-state index contributed by atoms with van der Waals surface area (Å²) in [5.41, 5.74) is -1.12. The number of alkyl halides is 1. The van der Waals surface area contributed by atoms with Crippen molar-refractivity contribution >= 4 is 27.5 Å². The van der Waals surface area contributed by atoms with Crippen LogP contribution in [-0.2, 0) is 0 Å². The molecule has 9 rings (SSSR count). The van der Waals surface area contributed by atoms with Gasteiger partial charge in [0.25, 0.3) is 0 Å². The number of ether oxygens (including phenoxy) is 2. The second-order valence-electron chi connectivity index (χ2n) is 13.0. The van der Waals surface area contributed by atoms with E-state index in [0.717, 1.165) is 44.4 Å². The molecule has 5 aliphatic rings. The predicted octanol–water partition coefficient (Wildman–Crippen LogP) is 4.62. The van der Waals surface area contributed by atoms with E-state index in [0.29, 0.717) is 25.3 Å². The van der Waals surface area contributed by atoms with Crippen LogP contribution in [0.5, 0.6) is 17.6 Å². The van der Waals surface area contributed by atoms with Crippen LogP contribution in [0.3, 0.4) is 0 Å². The van der Waals surface area contributed by atoms with E-state index >= 15 is 8.78 Å². The van der Waals surface area contributed by atoms with E-state index in [9.17, 15) is 13.9 Å². The van der Waals surface area contributed by atoms with Gasteiger partial charge in [0.15, 0.2) is 17.5 Å². The number of hydrogen-bond donors (Lipinski definition) is 2. The summed E-state index contributed by atoms with van der Waals surface area (Å²) >= 11 is 0. The van der Waals surface area contributed by atoms with Gasteiger partial charge in [-0.25, -0.2) is 22.5 Å². The molecule has 4 saturated heterocycles. The van der Waals surface area contributed by atoms with Crippen molar-refractivity contribution in [2.75, 3.05) is 37.7 Å². The molecule has 234 valence electrons. The van der Waals surface area contributed by atoms with Gasteiger partial charge in [-0.3, -0.25) is 4.90 Å². The van der Waals surface area contributed by atoms with Crippen LogP contribution in [-0.4, -0.2) is 87.6 Å². The van der Waals surface area contributed by atoms with Crippen molar-refractivity contribution in [1.82, 2.24) is 25.2 Å². The van der Waals surface area contributed by atoms with Crippen molar-refractivity contribution in [3.8, 4) is 28.9 Å². The third-order valence-electron chi connectivity index (χ3n) is 10.4. The highest BCUT2D eigenvalue weighted by atomic mass is 19.2. The van der Waals surface area contributed by atoms with Gasteiger partial charge in [-0.05, 0) is 55.8 Å². The zero-order valence-electron chi connectivity index (χ0n) is 24.2. The van der Waals surface area contributed by atoms with Crippen molar-refractivity contribution in [3.63, 3.8) is 0 Å². The van der Waals surface area contributed by atoms with Crippen LogP contribution in [0.4, 0.5) is 23.4 Å². The van der Waals surface area contributed by atoms with Crippen molar-refractivity contribution < 1.29 is 32.1 Å².